The van der Waals surface area contributed by atoms with E-state index in [9.17, 15) is 8.42 Å². The maximum absolute atomic E-state index is 12.1. The summed E-state index contributed by atoms with van der Waals surface area (Å²) in [7, 11) is -3.45. The Morgan fingerprint density at radius 1 is 1.35 bits per heavy atom. The van der Waals surface area contributed by atoms with Crippen molar-refractivity contribution >= 4 is 10.0 Å². The molecule has 1 aromatic rings. The van der Waals surface area contributed by atoms with Gasteiger partial charge in [-0.1, -0.05) is 0 Å². The maximum atomic E-state index is 12.1. The van der Waals surface area contributed by atoms with E-state index in [1.165, 1.54) is 0 Å². The minimum atomic E-state index is -3.45. The summed E-state index contributed by atoms with van der Waals surface area (Å²) in [5, 5.41) is 3.30. The molecule has 2 heterocycles. The number of nitrogens with one attached hydrogen (secondary N) is 2. The van der Waals surface area contributed by atoms with Crippen molar-refractivity contribution < 1.29 is 12.8 Å². The molecule has 1 aromatic heterocycles. The summed E-state index contributed by atoms with van der Waals surface area (Å²) < 4.78 is 32.2. The van der Waals surface area contributed by atoms with E-state index in [4.69, 9.17) is 4.42 Å². The summed E-state index contributed by atoms with van der Waals surface area (Å²) in [4.78, 5) is 2.59. The summed E-state index contributed by atoms with van der Waals surface area (Å²) in [6, 6.07) is 1.56. The van der Waals surface area contributed by atoms with Gasteiger partial charge in [0.2, 0.25) is 10.0 Å². The number of hydrogen-bond donors (Lipinski definition) is 2. The van der Waals surface area contributed by atoms with Crippen LogP contribution >= 0.6 is 0 Å². The highest BCUT2D eigenvalue weighted by Crippen LogP contribution is 2.18. The number of hydrogen-bond acceptors (Lipinski definition) is 5. The Morgan fingerprint density at radius 2 is 2.05 bits per heavy atom. The topological polar surface area (TPSA) is 74.6 Å². The van der Waals surface area contributed by atoms with Crippen LogP contribution in [0.1, 0.15) is 17.9 Å². The van der Waals surface area contributed by atoms with E-state index in [1.54, 1.807) is 19.9 Å². The van der Waals surface area contributed by atoms with E-state index >= 15 is 0 Å². The fourth-order valence-electron chi connectivity index (χ4n) is 2.40. The molecule has 114 valence electrons. The predicted octanol–water partition coefficient (Wildman–Crippen LogP) is 0.470. The van der Waals surface area contributed by atoms with Gasteiger partial charge < -0.3 is 14.6 Å². The van der Waals surface area contributed by atoms with Crippen LogP contribution in [0, 0.1) is 13.8 Å². The molecule has 0 atom stereocenters. The highest BCUT2D eigenvalue weighted by Gasteiger charge is 2.20. The van der Waals surface area contributed by atoms with Crippen LogP contribution in [0.4, 0.5) is 0 Å². The van der Waals surface area contributed by atoms with Crippen molar-refractivity contribution in [2.24, 2.45) is 0 Å². The molecule has 1 fully saturated rings. The van der Waals surface area contributed by atoms with Crippen LogP contribution in [0.5, 0.6) is 0 Å². The zero-order chi connectivity index (χ0) is 14.6. The van der Waals surface area contributed by atoms with Gasteiger partial charge in [-0.25, -0.2) is 13.1 Å². The lowest BCUT2D eigenvalue weighted by atomic mass is 10.3. The van der Waals surface area contributed by atoms with Gasteiger partial charge in [0.05, 0.1) is 0 Å². The van der Waals surface area contributed by atoms with Crippen LogP contribution in [0.25, 0.3) is 0 Å². The fourth-order valence-corrected chi connectivity index (χ4v) is 3.71. The van der Waals surface area contributed by atoms with E-state index in [0.717, 1.165) is 39.1 Å². The van der Waals surface area contributed by atoms with Crippen LogP contribution in [0.15, 0.2) is 15.4 Å². The van der Waals surface area contributed by atoms with E-state index < -0.39 is 10.0 Å². The molecule has 6 nitrogen and oxygen atoms in total. The van der Waals surface area contributed by atoms with Gasteiger partial charge in [-0.3, -0.25) is 0 Å². The number of aryl methyl sites for hydroxylation is 2. The third-order valence-electron chi connectivity index (χ3n) is 3.44. The largest absolute Gasteiger partial charge is 0.465 e. The summed E-state index contributed by atoms with van der Waals surface area (Å²) >= 11 is 0. The van der Waals surface area contributed by atoms with E-state index in [0.29, 0.717) is 18.1 Å². The van der Waals surface area contributed by atoms with E-state index in [-0.39, 0.29) is 4.90 Å². The van der Waals surface area contributed by atoms with Crippen molar-refractivity contribution in [3.05, 3.63) is 17.6 Å². The van der Waals surface area contributed by atoms with Gasteiger partial charge in [0.1, 0.15) is 16.4 Å². The van der Waals surface area contributed by atoms with Crippen molar-refractivity contribution in [1.29, 1.82) is 0 Å². The smallest absolute Gasteiger partial charge is 0.244 e. The highest BCUT2D eigenvalue weighted by molar-refractivity contribution is 7.89. The lowest BCUT2D eigenvalue weighted by Gasteiger charge is -2.27. The summed E-state index contributed by atoms with van der Waals surface area (Å²) in [5.41, 5.74) is 0. The second kappa shape index (κ2) is 6.71. The quantitative estimate of drug-likeness (QED) is 0.747. The summed E-state index contributed by atoms with van der Waals surface area (Å²) in [6.45, 7) is 8.89. The second-order valence-electron chi connectivity index (χ2n) is 5.12. The molecule has 7 heteroatoms. The molecule has 0 bridgehead atoms. The third kappa shape index (κ3) is 4.05. The van der Waals surface area contributed by atoms with Gasteiger partial charge in [0, 0.05) is 32.7 Å². The number of nitrogens with zero attached hydrogens (tertiary/aromatic N) is 1. The molecule has 0 aromatic carbocycles. The van der Waals surface area contributed by atoms with E-state index in [1.807, 2.05) is 0 Å². The molecular weight excluding hydrogens is 278 g/mol. The summed E-state index contributed by atoms with van der Waals surface area (Å²) in [5.74, 6) is 1.06. The minimum Gasteiger partial charge on any atom is -0.465 e. The Morgan fingerprint density at radius 3 is 2.65 bits per heavy atom. The van der Waals surface area contributed by atoms with Gasteiger partial charge in [-0.05, 0) is 32.9 Å². The van der Waals surface area contributed by atoms with Gasteiger partial charge in [0.15, 0.2) is 0 Å². The van der Waals surface area contributed by atoms with Gasteiger partial charge in [0.25, 0.3) is 0 Å². The monoisotopic (exact) mass is 301 g/mol. The van der Waals surface area contributed by atoms with Crippen LogP contribution in [0.3, 0.4) is 0 Å². The van der Waals surface area contributed by atoms with Crippen LogP contribution in [0.2, 0.25) is 0 Å². The molecule has 0 aliphatic carbocycles. The molecule has 1 aliphatic heterocycles. The van der Waals surface area contributed by atoms with Crippen molar-refractivity contribution in [1.82, 2.24) is 14.9 Å². The lowest BCUT2D eigenvalue weighted by molar-refractivity contribution is 0.239. The molecule has 0 saturated carbocycles. The number of rotatable bonds is 6. The fraction of sp³-hybridized carbons (Fsp3) is 0.692. The van der Waals surface area contributed by atoms with Crippen LogP contribution in [-0.2, 0) is 10.0 Å². The van der Waals surface area contributed by atoms with Crippen molar-refractivity contribution in [3.63, 3.8) is 0 Å². The highest BCUT2D eigenvalue weighted by atomic mass is 32.2. The molecule has 2 N–H and O–H groups in total. The van der Waals surface area contributed by atoms with Crippen molar-refractivity contribution in [2.75, 3.05) is 39.3 Å². The first-order valence-corrected chi connectivity index (χ1v) is 8.47. The Balaban J connectivity index is 1.79. The number of piperazine rings is 1. The van der Waals surface area contributed by atoms with Gasteiger partial charge in [-0.15, -0.1) is 0 Å². The minimum absolute atomic E-state index is 0.247. The first-order valence-electron chi connectivity index (χ1n) is 6.99. The van der Waals surface area contributed by atoms with Crippen molar-refractivity contribution in [2.45, 2.75) is 25.2 Å². The molecule has 2 rings (SSSR count). The SMILES string of the molecule is Cc1cc(S(=O)(=O)NCCCN2CCNCC2)c(C)o1. The normalized spacial score (nSPS) is 17.5. The lowest BCUT2D eigenvalue weighted by Crippen LogP contribution is -2.44. The third-order valence-corrected chi connectivity index (χ3v) is 5.01. The van der Waals surface area contributed by atoms with Gasteiger partial charge in [-0.2, -0.15) is 0 Å². The predicted molar refractivity (Wildman–Crippen MR) is 77.3 cm³/mol. The Kier molecular flexibility index (Phi) is 5.20. The summed E-state index contributed by atoms with van der Waals surface area (Å²) in [6.07, 6.45) is 0.815. The molecule has 0 unspecified atom stereocenters. The van der Waals surface area contributed by atoms with E-state index in [2.05, 4.69) is 14.9 Å². The molecule has 1 aliphatic rings. The maximum Gasteiger partial charge on any atom is 0.244 e. The molecule has 0 radical (unpaired) electrons. The Bertz CT molecular complexity index is 533. The Hall–Kier alpha value is -0.890. The molecular formula is C13H23N3O3S. The molecule has 20 heavy (non-hydrogen) atoms. The average Bonchev–Trinajstić information content (AvgIpc) is 2.76. The number of sulfonamides is 1. The number of furan rings is 1. The van der Waals surface area contributed by atoms with Crippen LogP contribution in [-0.4, -0.2) is 52.6 Å². The molecule has 0 spiro atoms. The standard InChI is InChI=1S/C13H23N3O3S/c1-11-10-13(12(2)19-11)20(17,18)15-4-3-7-16-8-5-14-6-9-16/h10,14-15H,3-9H2,1-2H3. The average molecular weight is 301 g/mol. The zero-order valence-corrected chi connectivity index (χ0v) is 12.9. The molecule has 0 amide bonds. The Labute approximate surface area is 120 Å². The first kappa shape index (κ1) is 15.5. The van der Waals surface area contributed by atoms with Gasteiger partial charge >= 0.3 is 0 Å². The molecule has 1 saturated heterocycles. The second-order valence-corrected chi connectivity index (χ2v) is 6.86. The first-order chi connectivity index (χ1) is 9.49. The van der Waals surface area contributed by atoms with Crippen molar-refractivity contribution in [3.8, 4) is 0 Å². The van der Waals surface area contributed by atoms with Crippen LogP contribution < -0.4 is 10.0 Å². The zero-order valence-electron chi connectivity index (χ0n) is 12.1.